The molecule has 1 saturated heterocycles. The molecular formula is C19H20N4O3. The van der Waals surface area contributed by atoms with Crippen molar-refractivity contribution in [1.29, 1.82) is 5.26 Å². The number of fused-ring (bicyclic) bond motifs is 1. The molecule has 3 rings (SSSR count). The molecule has 1 fully saturated rings. The average molecular weight is 352 g/mol. The van der Waals surface area contributed by atoms with E-state index in [9.17, 15) is 14.9 Å². The van der Waals surface area contributed by atoms with Gasteiger partial charge >= 0.3 is 5.97 Å². The van der Waals surface area contributed by atoms with E-state index in [1.54, 1.807) is 12.3 Å². The first-order chi connectivity index (χ1) is 12.6. The minimum atomic E-state index is -0.772. The van der Waals surface area contributed by atoms with Crippen LogP contribution in [0.25, 0.3) is 11.7 Å². The number of carbonyl (C=O) groups excluding carboxylic acids is 1. The standard InChI is InChI=1S/C19H20N4O3/c1-13-7-6-10-23-16(13)21-17(22-8-4-3-5-9-22)15(18(23)24)11-14(12-20)19(25)26-2/h6-7,10-11H,3-5,8-9H2,1-2H3/b14-11+. The zero-order chi connectivity index (χ0) is 18.7. The fraction of sp³-hybridized carbons (Fsp3) is 0.368. The zero-order valence-corrected chi connectivity index (χ0v) is 14.9. The molecule has 0 saturated carbocycles. The van der Waals surface area contributed by atoms with E-state index in [0.717, 1.165) is 37.9 Å². The van der Waals surface area contributed by atoms with Crippen molar-refractivity contribution in [2.75, 3.05) is 25.1 Å². The summed E-state index contributed by atoms with van der Waals surface area (Å²) in [6.07, 6.45) is 6.10. The summed E-state index contributed by atoms with van der Waals surface area (Å²) in [7, 11) is 1.20. The smallest absolute Gasteiger partial charge is 0.348 e. The highest BCUT2D eigenvalue weighted by molar-refractivity contribution is 5.98. The second-order valence-electron chi connectivity index (χ2n) is 6.25. The third-order valence-electron chi connectivity index (χ3n) is 4.53. The van der Waals surface area contributed by atoms with E-state index in [0.29, 0.717) is 11.5 Å². The third kappa shape index (κ3) is 3.18. The number of nitrogens with zero attached hydrogens (tertiary/aromatic N) is 4. The van der Waals surface area contributed by atoms with E-state index in [-0.39, 0.29) is 16.7 Å². The van der Waals surface area contributed by atoms with Crippen molar-refractivity contribution >= 4 is 23.5 Å². The lowest BCUT2D eigenvalue weighted by molar-refractivity contribution is -0.135. The van der Waals surface area contributed by atoms with E-state index < -0.39 is 5.97 Å². The van der Waals surface area contributed by atoms with Gasteiger partial charge in [0.25, 0.3) is 5.56 Å². The molecular weight excluding hydrogens is 332 g/mol. The van der Waals surface area contributed by atoms with Crippen molar-refractivity contribution in [3.8, 4) is 6.07 Å². The minimum absolute atomic E-state index is 0.225. The summed E-state index contributed by atoms with van der Waals surface area (Å²) in [6, 6.07) is 5.47. The number of methoxy groups -OCH3 is 1. The van der Waals surface area contributed by atoms with Crippen molar-refractivity contribution in [1.82, 2.24) is 9.38 Å². The Kier molecular flexibility index (Phi) is 5.03. The number of carbonyl (C=O) groups is 1. The van der Waals surface area contributed by atoms with Gasteiger partial charge in [0.1, 0.15) is 23.1 Å². The minimum Gasteiger partial charge on any atom is -0.465 e. The Labute approximate surface area is 151 Å². The number of ether oxygens (including phenoxy) is 1. The first-order valence-corrected chi connectivity index (χ1v) is 8.54. The van der Waals surface area contributed by atoms with Gasteiger partial charge in [-0.05, 0) is 43.9 Å². The van der Waals surface area contributed by atoms with Gasteiger partial charge in [0.2, 0.25) is 0 Å². The number of aryl methyl sites for hydroxylation is 1. The predicted octanol–water partition coefficient (Wildman–Crippen LogP) is 2.07. The Morgan fingerprint density at radius 2 is 2.08 bits per heavy atom. The van der Waals surface area contributed by atoms with Crippen LogP contribution in [0.2, 0.25) is 0 Å². The molecule has 0 N–H and O–H groups in total. The molecule has 0 amide bonds. The summed E-state index contributed by atoms with van der Waals surface area (Å²) in [5.41, 5.74) is 1.16. The molecule has 0 unspecified atom stereocenters. The summed E-state index contributed by atoms with van der Waals surface area (Å²) in [4.78, 5) is 31.7. The SMILES string of the molecule is COC(=O)/C(C#N)=C/c1c(N2CCCCC2)nc2c(C)cccn2c1=O. The molecule has 7 heteroatoms. The highest BCUT2D eigenvalue weighted by Crippen LogP contribution is 2.23. The molecule has 0 aliphatic carbocycles. The first kappa shape index (κ1) is 17.7. The van der Waals surface area contributed by atoms with Gasteiger partial charge in [-0.2, -0.15) is 5.26 Å². The topological polar surface area (TPSA) is 87.7 Å². The van der Waals surface area contributed by atoms with E-state index in [4.69, 9.17) is 4.98 Å². The first-order valence-electron chi connectivity index (χ1n) is 8.54. The Morgan fingerprint density at radius 3 is 2.73 bits per heavy atom. The number of aromatic nitrogens is 2. The van der Waals surface area contributed by atoms with Crippen LogP contribution in [0.4, 0.5) is 5.82 Å². The van der Waals surface area contributed by atoms with Crippen molar-refractivity contribution in [2.24, 2.45) is 0 Å². The summed E-state index contributed by atoms with van der Waals surface area (Å²) < 4.78 is 6.08. The van der Waals surface area contributed by atoms with Gasteiger partial charge in [-0.15, -0.1) is 0 Å². The van der Waals surface area contributed by atoms with Crippen LogP contribution in [-0.4, -0.2) is 35.6 Å². The van der Waals surface area contributed by atoms with Crippen LogP contribution in [0.3, 0.4) is 0 Å². The molecule has 0 spiro atoms. The Hall–Kier alpha value is -3.14. The number of nitriles is 1. The Bertz CT molecular complexity index is 979. The van der Waals surface area contributed by atoms with E-state index >= 15 is 0 Å². The molecule has 2 aromatic rings. The molecule has 0 radical (unpaired) electrons. The number of pyridine rings is 1. The predicted molar refractivity (Wildman–Crippen MR) is 97.9 cm³/mol. The fourth-order valence-corrected chi connectivity index (χ4v) is 3.16. The Balaban J connectivity index is 2.30. The lowest BCUT2D eigenvalue weighted by Crippen LogP contribution is -2.33. The third-order valence-corrected chi connectivity index (χ3v) is 4.53. The van der Waals surface area contributed by atoms with E-state index in [1.165, 1.54) is 17.6 Å². The van der Waals surface area contributed by atoms with Gasteiger partial charge in [-0.3, -0.25) is 9.20 Å². The molecule has 1 aliphatic rings. The zero-order valence-electron chi connectivity index (χ0n) is 14.9. The van der Waals surface area contributed by atoms with Crippen molar-refractivity contribution < 1.29 is 9.53 Å². The highest BCUT2D eigenvalue weighted by atomic mass is 16.5. The van der Waals surface area contributed by atoms with Crippen LogP contribution in [0.5, 0.6) is 0 Å². The fourth-order valence-electron chi connectivity index (χ4n) is 3.16. The average Bonchev–Trinajstić information content (AvgIpc) is 2.68. The number of piperidine rings is 1. The van der Waals surface area contributed by atoms with Crippen molar-refractivity contribution in [3.05, 3.63) is 45.4 Å². The maximum absolute atomic E-state index is 13.1. The van der Waals surface area contributed by atoms with Gasteiger partial charge in [0.15, 0.2) is 0 Å². The number of hydrogen-bond donors (Lipinski definition) is 0. The van der Waals surface area contributed by atoms with Crippen molar-refractivity contribution in [3.63, 3.8) is 0 Å². The van der Waals surface area contributed by atoms with Crippen LogP contribution in [-0.2, 0) is 9.53 Å². The normalized spacial score (nSPS) is 15.0. The largest absolute Gasteiger partial charge is 0.465 e. The van der Waals surface area contributed by atoms with Crippen LogP contribution in [0.15, 0.2) is 28.7 Å². The lowest BCUT2D eigenvalue weighted by Gasteiger charge is -2.29. The lowest BCUT2D eigenvalue weighted by atomic mass is 10.1. The number of rotatable bonds is 3. The highest BCUT2D eigenvalue weighted by Gasteiger charge is 2.21. The monoisotopic (exact) mass is 352 g/mol. The summed E-state index contributed by atoms with van der Waals surface area (Å²) >= 11 is 0. The van der Waals surface area contributed by atoms with Gasteiger partial charge in [0.05, 0.1) is 12.7 Å². The van der Waals surface area contributed by atoms with E-state index in [2.05, 4.69) is 9.64 Å². The van der Waals surface area contributed by atoms with Gasteiger partial charge in [0, 0.05) is 19.3 Å². The molecule has 0 aromatic carbocycles. The molecule has 7 nitrogen and oxygen atoms in total. The van der Waals surface area contributed by atoms with Crippen LogP contribution < -0.4 is 10.5 Å². The molecule has 0 bridgehead atoms. The summed E-state index contributed by atoms with van der Waals surface area (Å²) in [5, 5.41) is 9.28. The van der Waals surface area contributed by atoms with Crippen LogP contribution in [0.1, 0.15) is 30.4 Å². The summed E-state index contributed by atoms with van der Waals surface area (Å²) in [5.74, 6) is -0.258. The number of hydrogen-bond acceptors (Lipinski definition) is 6. The molecule has 134 valence electrons. The molecule has 2 aromatic heterocycles. The van der Waals surface area contributed by atoms with Gasteiger partial charge in [-0.1, -0.05) is 6.07 Å². The Morgan fingerprint density at radius 1 is 1.35 bits per heavy atom. The van der Waals surface area contributed by atoms with Gasteiger partial charge < -0.3 is 9.64 Å². The van der Waals surface area contributed by atoms with Crippen LogP contribution in [0, 0.1) is 18.3 Å². The molecule has 0 atom stereocenters. The maximum Gasteiger partial charge on any atom is 0.348 e. The second-order valence-corrected chi connectivity index (χ2v) is 6.25. The summed E-state index contributed by atoms with van der Waals surface area (Å²) in [6.45, 7) is 3.47. The van der Waals surface area contributed by atoms with Gasteiger partial charge in [-0.25, -0.2) is 9.78 Å². The van der Waals surface area contributed by atoms with Crippen molar-refractivity contribution in [2.45, 2.75) is 26.2 Å². The quantitative estimate of drug-likeness (QED) is 0.477. The maximum atomic E-state index is 13.1. The molecule has 1 aliphatic heterocycles. The number of anilines is 1. The van der Waals surface area contributed by atoms with E-state index in [1.807, 2.05) is 19.1 Å². The number of esters is 1. The molecule has 26 heavy (non-hydrogen) atoms. The van der Waals surface area contributed by atoms with Crippen LogP contribution >= 0.6 is 0 Å². The second kappa shape index (κ2) is 7.40. The molecule has 3 heterocycles.